The number of carbonyl (C=O) groups is 1. The molecule has 1 atom stereocenters. The maximum absolute atomic E-state index is 11.1. The number of nitrogens with zero attached hydrogens (tertiary/aromatic N) is 4. The van der Waals surface area contributed by atoms with Crippen molar-refractivity contribution in [3.05, 3.63) is 54.5 Å². The molecule has 26 heavy (non-hydrogen) atoms. The van der Waals surface area contributed by atoms with E-state index >= 15 is 0 Å². The van der Waals surface area contributed by atoms with Gasteiger partial charge in [-0.2, -0.15) is 5.10 Å². The SMILES string of the molecule is O=CN1CCCC(c2cnc3c(ccn3-c3ccc4[nH]ncc4c3)c2)C1. The number of likely N-dealkylation sites (tertiary alicyclic amines) is 1. The summed E-state index contributed by atoms with van der Waals surface area (Å²) in [5.74, 6) is 0.372. The molecule has 130 valence electrons. The number of H-pyrrole nitrogens is 1. The highest BCUT2D eigenvalue weighted by molar-refractivity contribution is 5.83. The van der Waals surface area contributed by atoms with Crippen LogP contribution < -0.4 is 0 Å². The van der Waals surface area contributed by atoms with E-state index in [0.29, 0.717) is 5.92 Å². The van der Waals surface area contributed by atoms with Crippen LogP contribution in [-0.4, -0.2) is 44.1 Å². The van der Waals surface area contributed by atoms with Gasteiger partial charge in [-0.3, -0.25) is 9.89 Å². The lowest BCUT2D eigenvalue weighted by atomic mass is 9.91. The van der Waals surface area contributed by atoms with Gasteiger partial charge in [0.1, 0.15) is 5.65 Å². The van der Waals surface area contributed by atoms with E-state index in [1.807, 2.05) is 23.4 Å². The van der Waals surface area contributed by atoms with Crippen LogP contribution in [0.3, 0.4) is 0 Å². The molecular weight excluding hydrogens is 326 g/mol. The van der Waals surface area contributed by atoms with Gasteiger partial charge < -0.3 is 9.47 Å². The molecule has 1 aromatic carbocycles. The zero-order valence-electron chi connectivity index (χ0n) is 14.3. The molecule has 4 heterocycles. The van der Waals surface area contributed by atoms with Crippen LogP contribution in [0.5, 0.6) is 0 Å². The predicted octanol–water partition coefficient (Wildman–Crippen LogP) is 3.24. The fourth-order valence-corrected chi connectivity index (χ4v) is 3.93. The number of amides is 1. The fourth-order valence-electron chi connectivity index (χ4n) is 3.93. The van der Waals surface area contributed by atoms with Crippen LogP contribution in [-0.2, 0) is 4.79 Å². The molecule has 1 amide bonds. The van der Waals surface area contributed by atoms with E-state index in [4.69, 9.17) is 4.98 Å². The molecular formula is C20H19N5O. The van der Waals surface area contributed by atoms with Crippen molar-refractivity contribution >= 4 is 28.3 Å². The van der Waals surface area contributed by atoms with Crippen LogP contribution in [0.25, 0.3) is 27.6 Å². The molecule has 0 saturated carbocycles. The molecule has 0 aliphatic carbocycles. The minimum atomic E-state index is 0.372. The highest BCUT2D eigenvalue weighted by Crippen LogP contribution is 2.29. The summed E-state index contributed by atoms with van der Waals surface area (Å²) in [5.41, 5.74) is 4.25. The number of benzene rings is 1. The van der Waals surface area contributed by atoms with Crippen LogP contribution in [0.2, 0.25) is 0 Å². The van der Waals surface area contributed by atoms with Gasteiger partial charge in [-0.25, -0.2) is 4.98 Å². The van der Waals surface area contributed by atoms with Crippen molar-refractivity contribution in [1.29, 1.82) is 0 Å². The molecule has 3 aromatic heterocycles. The summed E-state index contributed by atoms with van der Waals surface area (Å²) in [5, 5.41) is 9.27. The topological polar surface area (TPSA) is 66.8 Å². The van der Waals surface area contributed by atoms with Crippen molar-refractivity contribution in [3.63, 3.8) is 0 Å². The Morgan fingerprint density at radius 2 is 2.12 bits per heavy atom. The number of pyridine rings is 1. The highest BCUT2D eigenvalue weighted by Gasteiger charge is 2.21. The summed E-state index contributed by atoms with van der Waals surface area (Å²) in [6, 6.07) is 10.5. The van der Waals surface area contributed by atoms with E-state index in [9.17, 15) is 4.79 Å². The Hall–Kier alpha value is -3.15. The summed E-state index contributed by atoms with van der Waals surface area (Å²) in [6.07, 6.45) is 8.97. The molecule has 1 fully saturated rings. The molecule has 1 aliphatic rings. The first-order chi connectivity index (χ1) is 12.8. The quantitative estimate of drug-likeness (QED) is 0.580. The average Bonchev–Trinajstić information content (AvgIpc) is 3.33. The van der Waals surface area contributed by atoms with Crippen molar-refractivity contribution < 1.29 is 4.79 Å². The van der Waals surface area contributed by atoms with Crippen molar-refractivity contribution in [2.24, 2.45) is 0 Å². The molecule has 0 bridgehead atoms. The number of aromatic amines is 1. The normalized spacial score (nSPS) is 17.8. The van der Waals surface area contributed by atoms with Gasteiger partial charge in [-0.1, -0.05) is 0 Å². The van der Waals surface area contributed by atoms with Crippen LogP contribution >= 0.6 is 0 Å². The predicted molar refractivity (Wildman–Crippen MR) is 100 cm³/mol. The average molecular weight is 345 g/mol. The van der Waals surface area contributed by atoms with E-state index in [-0.39, 0.29) is 0 Å². The Bertz CT molecular complexity index is 1100. The van der Waals surface area contributed by atoms with Crippen molar-refractivity contribution in [2.45, 2.75) is 18.8 Å². The first-order valence-corrected chi connectivity index (χ1v) is 8.92. The van der Waals surface area contributed by atoms with E-state index in [1.165, 1.54) is 5.56 Å². The molecule has 6 heteroatoms. The lowest BCUT2D eigenvalue weighted by Crippen LogP contribution is -2.33. The third-order valence-corrected chi connectivity index (χ3v) is 5.32. The summed E-state index contributed by atoms with van der Waals surface area (Å²) in [4.78, 5) is 17.7. The third kappa shape index (κ3) is 2.45. The summed E-state index contributed by atoms with van der Waals surface area (Å²) in [6.45, 7) is 1.65. The molecule has 0 radical (unpaired) electrons. The highest BCUT2D eigenvalue weighted by atomic mass is 16.1. The zero-order chi connectivity index (χ0) is 17.5. The van der Waals surface area contributed by atoms with Crippen molar-refractivity contribution in [2.75, 3.05) is 13.1 Å². The van der Waals surface area contributed by atoms with Crippen molar-refractivity contribution in [1.82, 2.24) is 24.6 Å². The molecule has 0 spiro atoms. The van der Waals surface area contributed by atoms with Crippen molar-refractivity contribution in [3.8, 4) is 5.69 Å². The fraction of sp³-hybridized carbons (Fsp3) is 0.250. The second-order valence-corrected chi connectivity index (χ2v) is 6.95. The van der Waals surface area contributed by atoms with E-state index in [0.717, 1.165) is 60.0 Å². The smallest absolute Gasteiger partial charge is 0.209 e. The third-order valence-electron chi connectivity index (χ3n) is 5.32. The Balaban J connectivity index is 1.52. The van der Waals surface area contributed by atoms with Gasteiger partial charge >= 0.3 is 0 Å². The summed E-state index contributed by atoms with van der Waals surface area (Å²) < 4.78 is 2.10. The first kappa shape index (κ1) is 15.1. The first-order valence-electron chi connectivity index (χ1n) is 8.92. The van der Waals surface area contributed by atoms with Gasteiger partial charge in [0.15, 0.2) is 0 Å². The van der Waals surface area contributed by atoms with E-state index in [2.05, 4.69) is 45.2 Å². The summed E-state index contributed by atoms with van der Waals surface area (Å²) >= 11 is 0. The van der Waals surface area contributed by atoms with Gasteiger partial charge in [0, 0.05) is 47.9 Å². The zero-order valence-corrected chi connectivity index (χ0v) is 14.3. The number of fused-ring (bicyclic) bond motifs is 2. The van der Waals surface area contributed by atoms with Gasteiger partial charge in [0.05, 0.1) is 11.7 Å². The van der Waals surface area contributed by atoms with Gasteiger partial charge in [0.25, 0.3) is 0 Å². The van der Waals surface area contributed by atoms with Gasteiger partial charge in [-0.15, -0.1) is 0 Å². The Labute approximate surface area is 150 Å². The van der Waals surface area contributed by atoms with E-state index in [1.54, 1.807) is 0 Å². The van der Waals surface area contributed by atoms with Crippen LogP contribution in [0.15, 0.2) is 48.9 Å². The Morgan fingerprint density at radius 1 is 1.15 bits per heavy atom. The molecule has 4 aromatic rings. The summed E-state index contributed by atoms with van der Waals surface area (Å²) in [7, 11) is 0. The van der Waals surface area contributed by atoms with Gasteiger partial charge in [0.2, 0.25) is 6.41 Å². The number of piperidine rings is 1. The number of rotatable bonds is 3. The largest absolute Gasteiger partial charge is 0.345 e. The van der Waals surface area contributed by atoms with Crippen LogP contribution in [0, 0.1) is 0 Å². The minimum Gasteiger partial charge on any atom is -0.345 e. The number of carbonyl (C=O) groups excluding carboxylic acids is 1. The second-order valence-electron chi connectivity index (χ2n) is 6.95. The number of nitrogens with one attached hydrogen (secondary N) is 1. The molecule has 6 nitrogen and oxygen atoms in total. The maximum Gasteiger partial charge on any atom is 0.209 e. The molecule has 1 saturated heterocycles. The molecule has 1 aliphatic heterocycles. The second kappa shape index (κ2) is 5.98. The monoisotopic (exact) mass is 345 g/mol. The van der Waals surface area contributed by atoms with Crippen LogP contribution in [0.4, 0.5) is 0 Å². The molecule has 1 unspecified atom stereocenters. The number of hydrogen-bond acceptors (Lipinski definition) is 3. The molecule has 1 N–H and O–H groups in total. The minimum absolute atomic E-state index is 0.372. The van der Waals surface area contributed by atoms with E-state index < -0.39 is 0 Å². The standard InChI is InChI=1S/C20H19N5O/c26-13-24-6-1-2-15(12-24)16-8-14-5-7-25(20(14)21-10-16)18-3-4-19-17(9-18)11-22-23-19/h3-5,7-11,13,15H,1-2,6,12H2,(H,22,23). The lowest BCUT2D eigenvalue weighted by Gasteiger charge is -2.30. The van der Waals surface area contributed by atoms with Crippen LogP contribution in [0.1, 0.15) is 24.3 Å². The Kier molecular flexibility index (Phi) is 3.48. The molecule has 5 rings (SSSR count). The van der Waals surface area contributed by atoms with Gasteiger partial charge in [-0.05, 0) is 48.7 Å². The maximum atomic E-state index is 11.1. The Morgan fingerprint density at radius 3 is 3.04 bits per heavy atom. The lowest BCUT2D eigenvalue weighted by molar-refractivity contribution is -0.119. The number of aromatic nitrogens is 4. The number of hydrogen-bond donors (Lipinski definition) is 1.